The summed E-state index contributed by atoms with van der Waals surface area (Å²) in [5.74, 6) is 1.13. The lowest BCUT2D eigenvalue weighted by Crippen LogP contribution is -2.26. The summed E-state index contributed by atoms with van der Waals surface area (Å²) in [6, 6.07) is 1.94. The van der Waals surface area contributed by atoms with Crippen molar-refractivity contribution in [1.82, 2.24) is 15.3 Å². The number of hydrogen-bond acceptors (Lipinski definition) is 6. The van der Waals surface area contributed by atoms with Crippen LogP contribution in [-0.4, -0.2) is 36.5 Å². The maximum Gasteiger partial charge on any atom is 0.239 e. The molecule has 0 fully saturated rings. The smallest absolute Gasteiger partial charge is 0.239 e. The predicted octanol–water partition coefficient (Wildman–Crippen LogP) is 0.891. The van der Waals surface area contributed by atoms with E-state index in [1.54, 1.807) is 14.1 Å². The number of likely N-dealkylation sites (N-methyl/N-ethyl adjacent to an activating group) is 1. The van der Waals surface area contributed by atoms with E-state index >= 15 is 0 Å². The third-order valence-corrected chi connectivity index (χ3v) is 3.05. The van der Waals surface area contributed by atoms with Crippen molar-refractivity contribution in [1.29, 1.82) is 0 Å². The molecule has 2 heterocycles. The Balaban J connectivity index is 2.30. The van der Waals surface area contributed by atoms with Gasteiger partial charge < -0.3 is 16.0 Å². The van der Waals surface area contributed by atoms with Gasteiger partial charge in [0.1, 0.15) is 10.6 Å². The van der Waals surface area contributed by atoms with Crippen molar-refractivity contribution in [2.75, 3.05) is 31.3 Å². The van der Waals surface area contributed by atoms with Crippen molar-refractivity contribution in [2.45, 2.75) is 0 Å². The lowest BCUT2D eigenvalue weighted by atomic mass is 10.4. The second kappa shape index (κ2) is 4.96. The number of anilines is 2. The minimum Gasteiger partial charge on any atom is -0.360 e. The van der Waals surface area contributed by atoms with Gasteiger partial charge in [-0.2, -0.15) is 4.98 Å². The van der Waals surface area contributed by atoms with Gasteiger partial charge in [0, 0.05) is 14.1 Å². The zero-order valence-electron chi connectivity index (χ0n) is 9.57. The molecule has 1 amide bonds. The molecule has 0 bridgehead atoms. The average molecular weight is 251 g/mol. The Labute approximate surface area is 102 Å². The van der Waals surface area contributed by atoms with Crippen LogP contribution in [0.25, 0.3) is 10.2 Å². The number of nitrogens with one attached hydrogen (secondary N) is 3. The van der Waals surface area contributed by atoms with Crippen LogP contribution in [0.2, 0.25) is 0 Å². The molecule has 0 saturated carbocycles. The van der Waals surface area contributed by atoms with Crippen molar-refractivity contribution < 1.29 is 4.79 Å². The zero-order valence-corrected chi connectivity index (χ0v) is 10.4. The van der Waals surface area contributed by atoms with Crippen molar-refractivity contribution in [2.24, 2.45) is 0 Å². The Morgan fingerprint density at radius 1 is 1.41 bits per heavy atom. The van der Waals surface area contributed by atoms with Crippen LogP contribution >= 0.6 is 11.3 Å². The van der Waals surface area contributed by atoms with Gasteiger partial charge in [0.05, 0.1) is 11.9 Å². The Morgan fingerprint density at radius 2 is 2.24 bits per heavy atom. The molecule has 2 aromatic heterocycles. The number of carbonyl (C=O) groups excluding carboxylic acids is 1. The van der Waals surface area contributed by atoms with Crippen molar-refractivity contribution in [3.63, 3.8) is 0 Å². The van der Waals surface area contributed by atoms with E-state index in [1.165, 1.54) is 11.3 Å². The summed E-state index contributed by atoms with van der Waals surface area (Å²) >= 11 is 1.54. The molecule has 3 N–H and O–H groups in total. The van der Waals surface area contributed by atoms with E-state index in [2.05, 4.69) is 25.9 Å². The Hall–Kier alpha value is -1.89. The fourth-order valence-electron chi connectivity index (χ4n) is 1.35. The summed E-state index contributed by atoms with van der Waals surface area (Å²) in [4.78, 5) is 20.7. The molecular weight excluding hydrogens is 238 g/mol. The first-order valence-corrected chi connectivity index (χ1v) is 6.00. The first-order valence-electron chi connectivity index (χ1n) is 5.12. The number of carbonyl (C=O) groups is 1. The molecule has 7 heteroatoms. The maximum absolute atomic E-state index is 11.2. The molecule has 0 atom stereocenters. The van der Waals surface area contributed by atoms with E-state index in [-0.39, 0.29) is 12.5 Å². The predicted molar refractivity (Wildman–Crippen MR) is 69.5 cm³/mol. The van der Waals surface area contributed by atoms with Gasteiger partial charge in [0.2, 0.25) is 11.9 Å². The monoisotopic (exact) mass is 251 g/mol. The van der Waals surface area contributed by atoms with Gasteiger partial charge in [-0.05, 0) is 11.4 Å². The average Bonchev–Trinajstić information content (AvgIpc) is 2.83. The summed E-state index contributed by atoms with van der Waals surface area (Å²) < 4.78 is 0. The summed E-state index contributed by atoms with van der Waals surface area (Å²) in [6.07, 6.45) is 0. The molecule has 0 radical (unpaired) electrons. The molecule has 0 saturated heterocycles. The molecule has 6 nitrogen and oxygen atoms in total. The number of fused-ring (bicyclic) bond motifs is 1. The van der Waals surface area contributed by atoms with Crippen LogP contribution in [-0.2, 0) is 4.79 Å². The molecule has 0 aliphatic heterocycles. The maximum atomic E-state index is 11.2. The molecule has 90 valence electrons. The molecular formula is C10H13N5OS. The highest BCUT2D eigenvalue weighted by atomic mass is 32.1. The summed E-state index contributed by atoms with van der Waals surface area (Å²) in [7, 11) is 3.36. The highest BCUT2D eigenvalue weighted by molar-refractivity contribution is 7.16. The largest absolute Gasteiger partial charge is 0.360 e. The number of rotatable bonds is 4. The van der Waals surface area contributed by atoms with Gasteiger partial charge in [0.25, 0.3) is 0 Å². The van der Waals surface area contributed by atoms with Crippen LogP contribution in [0.3, 0.4) is 0 Å². The van der Waals surface area contributed by atoms with Gasteiger partial charge >= 0.3 is 0 Å². The highest BCUT2D eigenvalue weighted by Gasteiger charge is 2.08. The topological polar surface area (TPSA) is 78.9 Å². The molecule has 0 unspecified atom stereocenters. The third-order valence-electron chi connectivity index (χ3n) is 2.24. The van der Waals surface area contributed by atoms with Gasteiger partial charge in [0.15, 0.2) is 0 Å². The zero-order chi connectivity index (χ0) is 12.3. The van der Waals surface area contributed by atoms with Crippen LogP contribution in [0.1, 0.15) is 0 Å². The Morgan fingerprint density at radius 3 is 2.94 bits per heavy atom. The molecule has 0 aromatic carbocycles. The van der Waals surface area contributed by atoms with Gasteiger partial charge in [-0.15, -0.1) is 11.3 Å². The SMILES string of the molecule is CNC(=O)CNc1nc(NC)nc2sccc12. The summed E-state index contributed by atoms with van der Waals surface area (Å²) in [6.45, 7) is 0.196. The van der Waals surface area contributed by atoms with Crippen LogP contribution < -0.4 is 16.0 Å². The fourth-order valence-corrected chi connectivity index (χ4v) is 2.12. The van der Waals surface area contributed by atoms with E-state index in [9.17, 15) is 4.79 Å². The summed E-state index contributed by atoms with van der Waals surface area (Å²) in [5.41, 5.74) is 0. The van der Waals surface area contributed by atoms with Gasteiger partial charge in [-0.1, -0.05) is 0 Å². The minimum absolute atomic E-state index is 0.0852. The molecule has 2 rings (SSSR count). The van der Waals surface area contributed by atoms with E-state index in [1.807, 2.05) is 11.4 Å². The number of thiophene rings is 1. The van der Waals surface area contributed by atoms with Crippen LogP contribution in [0.4, 0.5) is 11.8 Å². The quantitative estimate of drug-likeness (QED) is 0.752. The van der Waals surface area contributed by atoms with Crippen LogP contribution in [0, 0.1) is 0 Å². The Bertz CT molecular complexity index is 538. The molecule has 17 heavy (non-hydrogen) atoms. The third kappa shape index (κ3) is 2.44. The van der Waals surface area contributed by atoms with Gasteiger partial charge in [-0.3, -0.25) is 4.79 Å². The van der Waals surface area contributed by atoms with Crippen molar-refractivity contribution in [3.05, 3.63) is 11.4 Å². The molecule has 0 aliphatic rings. The fraction of sp³-hybridized carbons (Fsp3) is 0.300. The molecule has 0 aliphatic carbocycles. The lowest BCUT2D eigenvalue weighted by molar-refractivity contribution is -0.118. The lowest BCUT2D eigenvalue weighted by Gasteiger charge is -2.07. The van der Waals surface area contributed by atoms with E-state index in [0.717, 1.165) is 10.2 Å². The van der Waals surface area contributed by atoms with Gasteiger partial charge in [-0.25, -0.2) is 4.98 Å². The van der Waals surface area contributed by atoms with E-state index < -0.39 is 0 Å². The highest BCUT2D eigenvalue weighted by Crippen LogP contribution is 2.25. The number of amides is 1. The number of hydrogen-bond donors (Lipinski definition) is 3. The van der Waals surface area contributed by atoms with E-state index in [0.29, 0.717) is 11.8 Å². The minimum atomic E-state index is -0.0852. The first kappa shape index (κ1) is 11.6. The van der Waals surface area contributed by atoms with Crippen LogP contribution in [0.5, 0.6) is 0 Å². The van der Waals surface area contributed by atoms with E-state index in [4.69, 9.17) is 0 Å². The Kier molecular flexibility index (Phi) is 3.38. The number of nitrogens with zero attached hydrogens (tertiary/aromatic N) is 2. The second-order valence-corrected chi connectivity index (χ2v) is 4.21. The van der Waals surface area contributed by atoms with Crippen LogP contribution in [0.15, 0.2) is 11.4 Å². The normalized spacial score (nSPS) is 10.2. The van der Waals surface area contributed by atoms with Crippen molar-refractivity contribution >= 4 is 39.2 Å². The second-order valence-electron chi connectivity index (χ2n) is 3.31. The first-order chi connectivity index (χ1) is 8.24. The molecule has 0 spiro atoms. The standard InChI is InChI=1S/C10H13N5OS/c1-11-7(16)5-13-8-6-3-4-17-9(6)15-10(12-2)14-8/h3-4H,5H2,1-2H3,(H,11,16)(H2,12,13,14,15). The summed E-state index contributed by atoms with van der Waals surface area (Å²) in [5, 5.41) is 11.3. The van der Waals surface area contributed by atoms with Crippen molar-refractivity contribution in [3.8, 4) is 0 Å². The molecule has 2 aromatic rings. The number of aromatic nitrogens is 2.